The molecule has 102 valence electrons. The third kappa shape index (κ3) is 2.86. The number of rotatable bonds is 5. The van der Waals surface area contributed by atoms with Crippen molar-refractivity contribution in [3.63, 3.8) is 0 Å². The lowest BCUT2D eigenvalue weighted by atomic mass is 9.91. The molecule has 1 heterocycles. The number of carbonyl (C=O) groups excluding carboxylic acids is 1. The second kappa shape index (κ2) is 5.17. The zero-order valence-corrected chi connectivity index (χ0v) is 10.9. The van der Waals surface area contributed by atoms with Crippen molar-refractivity contribution in [2.24, 2.45) is 23.5 Å². The third-order valence-electron chi connectivity index (χ3n) is 4.65. The van der Waals surface area contributed by atoms with E-state index in [0.29, 0.717) is 12.0 Å². The number of ether oxygens (including phenoxy) is 1. The third-order valence-corrected chi connectivity index (χ3v) is 4.65. The predicted octanol–water partition coefficient (Wildman–Crippen LogP) is 1.05. The van der Waals surface area contributed by atoms with Crippen molar-refractivity contribution in [2.45, 2.75) is 50.6 Å². The molecule has 3 rings (SSSR count). The Balaban J connectivity index is 1.52. The van der Waals surface area contributed by atoms with Crippen molar-refractivity contribution in [3.8, 4) is 0 Å². The van der Waals surface area contributed by atoms with Gasteiger partial charge in [-0.05, 0) is 56.3 Å². The molecule has 3 aliphatic rings. The number of hydrogen-bond donors (Lipinski definition) is 2. The van der Waals surface area contributed by atoms with Crippen molar-refractivity contribution in [1.82, 2.24) is 5.32 Å². The molecular weight excluding hydrogens is 228 g/mol. The summed E-state index contributed by atoms with van der Waals surface area (Å²) in [4.78, 5) is 12.2. The van der Waals surface area contributed by atoms with E-state index in [2.05, 4.69) is 5.32 Å². The van der Waals surface area contributed by atoms with Gasteiger partial charge in [0.2, 0.25) is 5.91 Å². The quantitative estimate of drug-likeness (QED) is 0.768. The van der Waals surface area contributed by atoms with E-state index in [9.17, 15) is 4.79 Å². The molecule has 0 bridgehead atoms. The van der Waals surface area contributed by atoms with Crippen molar-refractivity contribution in [1.29, 1.82) is 0 Å². The first kappa shape index (κ1) is 12.4. The van der Waals surface area contributed by atoms with E-state index in [1.807, 2.05) is 0 Å². The predicted molar refractivity (Wildman–Crippen MR) is 68.9 cm³/mol. The van der Waals surface area contributed by atoms with Gasteiger partial charge < -0.3 is 15.8 Å². The van der Waals surface area contributed by atoms with Crippen LogP contribution < -0.4 is 11.1 Å². The molecule has 0 aromatic carbocycles. The van der Waals surface area contributed by atoms with Gasteiger partial charge in [0.1, 0.15) is 0 Å². The average Bonchev–Trinajstić information content (AvgIpc) is 3.29. The van der Waals surface area contributed by atoms with Crippen molar-refractivity contribution in [2.75, 3.05) is 13.2 Å². The Morgan fingerprint density at radius 3 is 2.06 bits per heavy atom. The Kier molecular flexibility index (Phi) is 3.57. The maximum atomic E-state index is 12.2. The lowest BCUT2D eigenvalue weighted by molar-refractivity contribution is -0.125. The summed E-state index contributed by atoms with van der Waals surface area (Å²) in [7, 11) is 0. The number of amides is 1. The van der Waals surface area contributed by atoms with Gasteiger partial charge in [-0.3, -0.25) is 4.79 Å². The van der Waals surface area contributed by atoms with Gasteiger partial charge in [-0.1, -0.05) is 0 Å². The van der Waals surface area contributed by atoms with E-state index >= 15 is 0 Å². The lowest BCUT2D eigenvalue weighted by Crippen LogP contribution is -2.51. The van der Waals surface area contributed by atoms with Crippen molar-refractivity contribution >= 4 is 5.91 Å². The fraction of sp³-hybridized carbons (Fsp3) is 0.929. The van der Waals surface area contributed by atoms with Crippen LogP contribution in [0.5, 0.6) is 0 Å². The van der Waals surface area contributed by atoms with Crippen molar-refractivity contribution < 1.29 is 9.53 Å². The highest BCUT2D eigenvalue weighted by atomic mass is 16.5. The van der Waals surface area contributed by atoms with Gasteiger partial charge in [-0.25, -0.2) is 0 Å². The van der Waals surface area contributed by atoms with E-state index in [1.165, 1.54) is 25.7 Å². The Morgan fingerprint density at radius 2 is 1.56 bits per heavy atom. The summed E-state index contributed by atoms with van der Waals surface area (Å²) in [6.45, 7) is 1.50. The molecule has 0 spiro atoms. The summed E-state index contributed by atoms with van der Waals surface area (Å²) in [6.07, 6.45) is 6.99. The monoisotopic (exact) mass is 252 g/mol. The first-order chi connectivity index (χ1) is 8.75. The second-order valence-corrected chi connectivity index (χ2v) is 6.18. The highest BCUT2D eigenvalue weighted by molar-refractivity contribution is 5.82. The van der Waals surface area contributed by atoms with E-state index in [0.717, 1.165) is 37.9 Å². The van der Waals surface area contributed by atoms with Gasteiger partial charge in [0.25, 0.3) is 0 Å². The molecule has 4 heteroatoms. The minimum Gasteiger partial charge on any atom is -0.381 e. The first-order valence-electron chi connectivity index (χ1n) is 7.39. The molecule has 1 unspecified atom stereocenters. The molecule has 0 aromatic heterocycles. The summed E-state index contributed by atoms with van der Waals surface area (Å²) in [5.41, 5.74) is 6.11. The lowest BCUT2D eigenvalue weighted by Gasteiger charge is -2.28. The average molecular weight is 252 g/mol. The maximum Gasteiger partial charge on any atom is 0.237 e. The normalized spacial score (nSPS) is 27.2. The Morgan fingerprint density at radius 1 is 1.00 bits per heavy atom. The summed E-state index contributed by atoms with van der Waals surface area (Å²) in [5, 5.41) is 3.23. The molecule has 3 N–H and O–H groups in total. The fourth-order valence-electron chi connectivity index (χ4n) is 3.08. The summed E-state index contributed by atoms with van der Waals surface area (Å²) < 4.78 is 5.32. The molecule has 2 saturated carbocycles. The van der Waals surface area contributed by atoms with Crippen LogP contribution in [0.3, 0.4) is 0 Å². The molecule has 1 atom stereocenters. The zero-order chi connectivity index (χ0) is 12.5. The molecule has 18 heavy (non-hydrogen) atoms. The molecule has 3 fully saturated rings. The largest absolute Gasteiger partial charge is 0.381 e. The Hall–Kier alpha value is -0.610. The molecule has 1 amide bonds. The minimum absolute atomic E-state index is 0.0747. The SMILES string of the molecule is NC(C(=O)NC(C1CC1)C1CC1)C1CCOCC1. The van der Waals surface area contributed by atoms with Crippen LogP contribution in [0.4, 0.5) is 0 Å². The number of nitrogens with one attached hydrogen (secondary N) is 1. The van der Waals surface area contributed by atoms with Gasteiger partial charge in [0.05, 0.1) is 6.04 Å². The number of nitrogens with two attached hydrogens (primary N) is 1. The maximum absolute atomic E-state index is 12.2. The fourth-order valence-corrected chi connectivity index (χ4v) is 3.08. The zero-order valence-electron chi connectivity index (χ0n) is 10.9. The number of hydrogen-bond acceptors (Lipinski definition) is 3. The number of carbonyl (C=O) groups is 1. The second-order valence-electron chi connectivity index (χ2n) is 6.18. The van der Waals surface area contributed by atoms with E-state index < -0.39 is 0 Å². The van der Waals surface area contributed by atoms with Crippen LogP contribution >= 0.6 is 0 Å². The van der Waals surface area contributed by atoms with Crippen molar-refractivity contribution in [3.05, 3.63) is 0 Å². The van der Waals surface area contributed by atoms with E-state index in [-0.39, 0.29) is 11.9 Å². The van der Waals surface area contributed by atoms with Crippen LogP contribution in [0.15, 0.2) is 0 Å². The minimum atomic E-state index is -0.339. The van der Waals surface area contributed by atoms with Gasteiger partial charge in [0.15, 0.2) is 0 Å². The molecule has 1 aliphatic heterocycles. The standard InChI is InChI=1S/C14H24N2O2/c15-12(9-5-7-18-8-6-9)14(17)16-13(10-1-2-10)11-3-4-11/h9-13H,1-8,15H2,(H,16,17). The Bertz CT molecular complexity index is 295. The van der Waals surface area contributed by atoms with Crippen LogP contribution in [-0.4, -0.2) is 31.2 Å². The highest BCUT2D eigenvalue weighted by Crippen LogP contribution is 2.44. The molecular formula is C14H24N2O2. The highest BCUT2D eigenvalue weighted by Gasteiger charge is 2.43. The summed E-state index contributed by atoms with van der Waals surface area (Å²) in [5.74, 6) is 1.86. The Labute approximate surface area is 109 Å². The van der Waals surface area contributed by atoms with Gasteiger partial charge >= 0.3 is 0 Å². The first-order valence-corrected chi connectivity index (χ1v) is 7.39. The summed E-state index contributed by atoms with van der Waals surface area (Å²) in [6, 6.07) is 0.0808. The topological polar surface area (TPSA) is 64.4 Å². The molecule has 0 aromatic rings. The van der Waals surface area contributed by atoms with Crippen LogP contribution in [0.2, 0.25) is 0 Å². The van der Waals surface area contributed by atoms with Crippen LogP contribution in [0.25, 0.3) is 0 Å². The molecule has 2 aliphatic carbocycles. The van der Waals surface area contributed by atoms with Gasteiger partial charge in [0, 0.05) is 19.3 Å². The van der Waals surface area contributed by atoms with E-state index in [4.69, 9.17) is 10.5 Å². The van der Waals surface area contributed by atoms with Gasteiger partial charge in [-0.2, -0.15) is 0 Å². The van der Waals surface area contributed by atoms with Gasteiger partial charge in [-0.15, -0.1) is 0 Å². The molecule has 1 saturated heterocycles. The smallest absolute Gasteiger partial charge is 0.237 e. The van der Waals surface area contributed by atoms with Crippen LogP contribution in [0.1, 0.15) is 38.5 Å². The van der Waals surface area contributed by atoms with E-state index in [1.54, 1.807) is 0 Å². The summed E-state index contributed by atoms with van der Waals surface area (Å²) >= 11 is 0. The molecule has 0 radical (unpaired) electrons. The molecule has 4 nitrogen and oxygen atoms in total. The van der Waals surface area contributed by atoms with Crippen LogP contribution in [0, 0.1) is 17.8 Å². The van der Waals surface area contributed by atoms with Crippen LogP contribution in [-0.2, 0) is 9.53 Å².